The number of fused-ring (bicyclic) bond motifs is 1. The number of nitrogens with one attached hydrogen (secondary N) is 1. The quantitative estimate of drug-likeness (QED) is 0.720. The number of carbonyl (C=O) groups is 1. The number of halogens is 3. The van der Waals surface area contributed by atoms with E-state index in [1.807, 2.05) is 0 Å². The molecule has 2 heterocycles. The summed E-state index contributed by atoms with van der Waals surface area (Å²) in [4.78, 5) is 17.0. The van der Waals surface area contributed by atoms with Gasteiger partial charge < -0.3 is 5.32 Å². The number of alkyl halides is 3. The van der Waals surface area contributed by atoms with Gasteiger partial charge in [-0.1, -0.05) is 49.6 Å². The van der Waals surface area contributed by atoms with E-state index in [2.05, 4.69) is 15.4 Å². The highest BCUT2D eigenvalue weighted by Gasteiger charge is 2.36. The molecule has 3 aromatic rings. The highest BCUT2D eigenvalue weighted by atomic mass is 19.4. The molecule has 1 N–H and O–H groups in total. The smallest absolute Gasteiger partial charge is 0.349 e. The van der Waals surface area contributed by atoms with Gasteiger partial charge in [0, 0.05) is 11.6 Å². The standard InChI is InChI=1S/C20H19F3N4O/c21-20(22,23)17-11-16(13-7-3-1-4-8-13)26-18-15(12-24-27(17)18)19(28)25-14-9-5-2-6-10-14/h1,3-4,7-8,11-12,14H,2,5-6,9-10H2,(H,25,28). The van der Waals surface area contributed by atoms with Crippen LogP contribution in [0.2, 0.25) is 0 Å². The maximum absolute atomic E-state index is 13.6. The first-order chi connectivity index (χ1) is 13.4. The lowest BCUT2D eigenvalue weighted by Gasteiger charge is -2.22. The van der Waals surface area contributed by atoms with E-state index in [0.29, 0.717) is 10.1 Å². The van der Waals surface area contributed by atoms with Gasteiger partial charge in [0.1, 0.15) is 5.56 Å². The molecule has 0 spiro atoms. The molecule has 0 aliphatic heterocycles. The molecule has 1 saturated carbocycles. The van der Waals surface area contributed by atoms with E-state index >= 15 is 0 Å². The molecule has 0 bridgehead atoms. The number of hydrogen-bond acceptors (Lipinski definition) is 3. The third-order valence-corrected chi connectivity index (χ3v) is 5.02. The third kappa shape index (κ3) is 3.58. The van der Waals surface area contributed by atoms with Gasteiger partial charge in [-0.05, 0) is 18.9 Å². The summed E-state index contributed by atoms with van der Waals surface area (Å²) < 4.78 is 41.5. The van der Waals surface area contributed by atoms with Crippen LogP contribution in [0.1, 0.15) is 48.2 Å². The molecular weight excluding hydrogens is 369 g/mol. The van der Waals surface area contributed by atoms with Crippen LogP contribution in [0.3, 0.4) is 0 Å². The topological polar surface area (TPSA) is 59.3 Å². The summed E-state index contributed by atoms with van der Waals surface area (Å²) in [7, 11) is 0. The van der Waals surface area contributed by atoms with Gasteiger partial charge in [0.2, 0.25) is 0 Å². The van der Waals surface area contributed by atoms with Crippen molar-refractivity contribution in [1.82, 2.24) is 19.9 Å². The first kappa shape index (κ1) is 18.5. The Kier molecular flexibility index (Phi) is 4.78. The normalized spacial score (nSPS) is 15.7. The van der Waals surface area contributed by atoms with Crippen molar-refractivity contribution in [1.29, 1.82) is 0 Å². The lowest BCUT2D eigenvalue weighted by atomic mass is 9.95. The van der Waals surface area contributed by atoms with Gasteiger partial charge in [0.25, 0.3) is 5.91 Å². The van der Waals surface area contributed by atoms with E-state index in [1.165, 1.54) is 0 Å². The molecule has 1 aliphatic carbocycles. The van der Waals surface area contributed by atoms with Crippen LogP contribution in [0.4, 0.5) is 13.2 Å². The minimum atomic E-state index is -4.63. The summed E-state index contributed by atoms with van der Waals surface area (Å²) in [5, 5.41) is 6.72. The Labute approximate surface area is 159 Å². The molecular formula is C20H19F3N4O. The van der Waals surface area contributed by atoms with Crippen molar-refractivity contribution >= 4 is 11.6 Å². The molecule has 0 radical (unpaired) electrons. The molecule has 2 aromatic heterocycles. The van der Waals surface area contributed by atoms with Crippen molar-refractivity contribution in [2.45, 2.75) is 44.3 Å². The van der Waals surface area contributed by atoms with Crippen LogP contribution in [-0.4, -0.2) is 26.5 Å². The van der Waals surface area contributed by atoms with Gasteiger partial charge in [0.05, 0.1) is 11.9 Å². The van der Waals surface area contributed by atoms with Crippen molar-refractivity contribution in [3.8, 4) is 11.3 Å². The summed E-state index contributed by atoms with van der Waals surface area (Å²) in [6.07, 6.45) is 1.49. The molecule has 1 aliphatic rings. The Hall–Kier alpha value is -2.90. The van der Waals surface area contributed by atoms with Gasteiger partial charge in [-0.25, -0.2) is 9.50 Å². The fourth-order valence-corrected chi connectivity index (χ4v) is 3.59. The summed E-state index contributed by atoms with van der Waals surface area (Å²) in [5.74, 6) is -0.437. The average Bonchev–Trinajstić information content (AvgIpc) is 3.12. The summed E-state index contributed by atoms with van der Waals surface area (Å²) >= 11 is 0. The zero-order valence-corrected chi connectivity index (χ0v) is 15.0. The van der Waals surface area contributed by atoms with Gasteiger partial charge in [0.15, 0.2) is 11.3 Å². The van der Waals surface area contributed by atoms with Crippen molar-refractivity contribution in [3.63, 3.8) is 0 Å². The molecule has 0 unspecified atom stereocenters. The van der Waals surface area contributed by atoms with E-state index in [-0.39, 0.29) is 22.9 Å². The SMILES string of the molecule is O=C(NC1CCCCC1)c1cnn2c(C(F)(F)F)cc(-c3ccccc3)nc12. The van der Waals surface area contributed by atoms with Crippen LogP contribution in [0.25, 0.3) is 16.9 Å². The van der Waals surface area contributed by atoms with Crippen LogP contribution >= 0.6 is 0 Å². The van der Waals surface area contributed by atoms with Crippen molar-refractivity contribution in [2.24, 2.45) is 0 Å². The molecule has 146 valence electrons. The van der Waals surface area contributed by atoms with Gasteiger partial charge in [-0.3, -0.25) is 4.79 Å². The number of benzene rings is 1. The van der Waals surface area contributed by atoms with Crippen molar-refractivity contribution in [3.05, 3.63) is 53.9 Å². The molecule has 1 amide bonds. The summed E-state index contributed by atoms with van der Waals surface area (Å²) in [6.45, 7) is 0. The Morgan fingerprint density at radius 3 is 2.50 bits per heavy atom. The predicted molar refractivity (Wildman–Crippen MR) is 97.8 cm³/mol. The van der Waals surface area contributed by atoms with Gasteiger partial charge in [-0.15, -0.1) is 0 Å². The Balaban J connectivity index is 1.79. The zero-order valence-electron chi connectivity index (χ0n) is 15.0. The Morgan fingerprint density at radius 2 is 1.82 bits per heavy atom. The van der Waals surface area contributed by atoms with E-state index in [4.69, 9.17) is 0 Å². The van der Waals surface area contributed by atoms with Crippen molar-refractivity contribution < 1.29 is 18.0 Å². The lowest BCUT2D eigenvalue weighted by Crippen LogP contribution is -2.36. The van der Waals surface area contributed by atoms with Crippen LogP contribution in [-0.2, 0) is 6.18 Å². The van der Waals surface area contributed by atoms with Crippen LogP contribution < -0.4 is 5.32 Å². The van der Waals surface area contributed by atoms with Crippen LogP contribution in [0.15, 0.2) is 42.6 Å². The molecule has 4 rings (SSSR count). The maximum atomic E-state index is 13.6. The van der Waals surface area contributed by atoms with Crippen LogP contribution in [0.5, 0.6) is 0 Å². The highest BCUT2D eigenvalue weighted by molar-refractivity contribution is 6.00. The maximum Gasteiger partial charge on any atom is 0.433 e. The second-order valence-electron chi connectivity index (χ2n) is 6.99. The second-order valence-corrected chi connectivity index (χ2v) is 6.99. The third-order valence-electron chi connectivity index (χ3n) is 5.02. The monoisotopic (exact) mass is 388 g/mol. The average molecular weight is 388 g/mol. The van der Waals surface area contributed by atoms with E-state index < -0.39 is 17.8 Å². The van der Waals surface area contributed by atoms with E-state index in [0.717, 1.165) is 44.4 Å². The fraction of sp³-hybridized carbons (Fsp3) is 0.350. The number of hydrogen-bond donors (Lipinski definition) is 1. The summed E-state index contributed by atoms with van der Waals surface area (Å²) in [6, 6.07) is 9.57. The molecule has 0 atom stereocenters. The van der Waals surface area contributed by atoms with Gasteiger partial charge >= 0.3 is 6.18 Å². The minimum Gasteiger partial charge on any atom is -0.349 e. The first-order valence-electron chi connectivity index (χ1n) is 9.26. The number of nitrogens with zero attached hydrogens (tertiary/aromatic N) is 3. The minimum absolute atomic E-state index is 0.0376. The molecule has 1 aromatic carbocycles. The molecule has 0 saturated heterocycles. The highest BCUT2D eigenvalue weighted by Crippen LogP contribution is 2.32. The molecule has 1 fully saturated rings. The number of aromatic nitrogens is 3. The van der Waals surface area contributed by atoms with E-state index in [1.54, 1.807) is 30.3 Å². The van der Waals surface area contributed by atoms with E-state index in [9.17, 15) is 18.0 Å². The second kappa shape index (κ2) is 7.26. The first-order valence-corrected chi connectivity index (χ1v) is 9.26. The lowest BCUT2D eigenvalue weighted by molar-refractivity contribution is -0.142. The summed E-state index contributed by atoms with van der Waals surface area (Å²) in [5.41, 5.74) is -0.327. The van der Waals surface area contributed by atoms with Crippen molar-refractivity contribution in [2.75, 3.05) is 0 Å². The largest absolute Gasteiger partial charge is 0.433 e. The Morgan fingerprint density at radius 1 is 1.11 bits per heavy atom. The number of amides is 1. The Bertz CT molecular complexity index is 992. The molecule has 5 nitrogen and oxygen atoms in total. The number of rotatable bonds is 3. The van der Waals surface area contributed by atoms with Gasteiger partial charge in [-0.2, -0.15) is 18.3 Å². The van der Waals surface area contributed by atoms with Crippen LogP contribution in [0, 0.1) is 0 Å². The zero-order chi connectivity index (χ0) is 19.7. The molecule has 28 heavy (non-hydrogen) atoms. The number of carbonyl (C=O) groups excluding carboxylic acids is 1. The fourth-order valence-electron chi connectivity index (χ4n) is 3.59. The molecule has 8 heteroatoms. The predicted octanol–water partition coefficient (Wildman–Crippen LogP) is 4.48.